The number of fused-ring (bicyclic) bond motifs is 1. The molecule has 4 aliphatic rings. The van der Waals surface area contributed by atoms with Crippen molar-refractivity contribution in [2.75, 3.05) is 13.7 Å². The first-order chi connectivity index (χ1) is 14.3. The van der Waals surface area contributed by atoms with Crippen molar-refractivity contribution in [3.05, 3.63) is 0 Å². The number of hydrogen-bond donors (Lipinski definition) is 4. The molecule has 3 aliphatic heterocycles. The zero-order valence-electron chi connectivity index (χ0n) is 17.1. The number of hydrogen-bond acceptors (Lipinski definition) is 8. The monoisotopic (exact) mass is 448 g/mol. The van der Waals surface area contributed by atoms with Crippen LogP contribution in [-0.2, 0) is 9.57 Å². The van der Waals surface area contributed by atoms with Crippen LogP contribution in [0.2, 0.25) is 0 Å². The molecule has 10 atom stereocenters. The largest absolute Gasteiger partial charge is 0.398 e. The molecule has 30 heavy (non-hydrogen) atoms. The third kappa shape index (κ3) is 3.71. The van der Waals surface area contributed by atoms with Gasteiger partial charge in [0, 0.05) is 6.54 Å². The van der Waals surface area contributed by atoms with E-state index in [1.165, 1.54) is 20.4 Å². The highest BCUT2D eigenvalue weighted by molar-refractivity contribution is 6.21. The smallest absolute Gasteiger partial charge is 0.175 e. The summed E-state index contributed by atoms with van der Waals surface area (Å²) in [4.78, 5) is 11.0. The molecule has 3 fully saturated rings. The zero-order chi connectivity index (χ0) is 21.6. The maximum Gasteiger partial charge on any atom is 0.175 e. The van der Waals surface area contributed by atoms with Crippen LogP contribution in [0.15, 0.2) is 10.1 Å². The van der Waals surface area contributed by atoms with Crippen LogP contribution in [0.4, 0.5) is 4.39 Å². The van der Waals surface area contributed by atoms with Crippen LogP contribution in [0.25, 0.3) is 0 Å². The van der Waals surface area contributed by atoms with Crippen molar-refractivity contribution in [2.24, 2.45) is 22.0 Å². The first kappa shape index (κ1) is 22.2. The van der Waals surface area contributed by atoms with Gasteiger partial charge in [0.25, 0.3) is 0 Å². The minimum absolute atomic E-state index is 0.0639. The number of amidine groups is 1. The minimum Gasteiger partial charge on any atom is -0.398 e. The predicted molar refractivity (Wildman–Crippen MR) is 108 cm³/mol. The van der Waals surface area contributed by atoms with Gasteiger partial charge in [-0.1, -0.05) is 5.16 Å². The van der Waals surface area contributed by atoms with Gasteiger partial charge in [0.1, 0.15) is 37.3 Å². The third-order valence-electron chi connectivity index (χ3n) is 6.98. The van der Waals surface area contributed by atoms with Crippen molar-refractivity contribution in [2.45, 2.75) is 80.5 Å². The Morgan fingerprint density at radius 2 is 2.23 bits per heavy atom. The molecule has 4 rings (SSSR count). The molecule has 5 unspecified atom stereocenters. The number of oxime groups is 1. The highest BCUT2D eigenvalue weighted by Crippen LogP contribution is 2.42. The van der Waals surface area contributed by atoms with E-state index in [-0.39, 0.29) is 18.5 Å². The number of aliphatic hydroxyl groups excluding tert-OH is 2. The molecule has 9 nitrogen and oxygen atoms in total. The quantitative estimate of drug-likeness (QED) is 0.357. The summed E-state index contributed by atoms with van der Waals surface area (Å²) in [6.07, 6.45) is -2.40. The summed E-state index contributed by atoms with van der Waals surface area (Å²) in [7, 11) is 1.46. The van der Waals surface area contributed by atoms with Gasteiger partial charge in [0.15, 0.2) is 5.84 Å². The van der Waals surface area contributed by atoms with Crippen LogP contribution < -0.4 is 5.32 Å². The van der Waals surface area contributed by atoms with E-state index in [1.54, 1.807) is 0 Å². The number of alkyl halides is 2. The molecule has 170 valence electrons. The molecule has 1 saturated carbocycles. The number of nitrogens with one attached hydrogen (secondary N) is 1. The zero-order valence-corrected chi connectivity index (χ0v) is 17.8. The Labute approximate surface area is 179 Å². The lowest BCUT2D eigenvalue weighted by Crippen LogP contribution is -2.57. The van der Waals surface area contributed by atoms with Crippen LogP contribution in [0.5, 0.6) is 0 Å². The lowest BCUT2D eigenvalue weighted by molar-refractivity contribution is -0.145. The summed E-state index contributed by atoms with van der Waals surface area (Å²) in [5, 5.41) is 39.5. The molecule has 0 spiro atoms. The molecular weight excluding hydrogens is 419 g/mol. The topological polar surface area (TPSA) is 119 Å². The summed E-state index contributed by atoms with van der Waals surface area (Å²) < 4.78 is 20.2. The predicted octanol–water partition coefficient (Wildman–Crippen LogP) is 0.169. The standard InChI is InChI=1S/C19H30ClFN4O5/c1-19(28)14(27)18(25-6-5-10-16(24-29-2)22-8-23-17(10)25)30-15(19)13(26)9-3-4-11(20)12(21)7-9/h8-15,17-18,26-28H,3-7H2,1-2H3,(H,22,23,24)/t9?,10?,11?,12?,13-,14+,15-,17?,18-,19+/m1/s1. The minimum atomic E-state index is -1.70. The fraction of sp³-hybridized carbons (Fsp3) is 0.895. The first-order valence-electron chi connectivity index (χ1n) is 10.4. The SMILES string of the molecule is CO/N=C1/N=CNC2C1CCN2[C@@H]1O[C@H]([C@H](O)C2CCC(Cl)C(F)C2)[C@@](C)(O)[C@H]1O. The lowest BCUT2D eigenvalue weighted by atomic mass is 9.78. The van der Waals surface area contributed by atoms with E-state index in [4.69, 9.17) is 21.2 Å². The molecule has 0 aromatic rings. The number of aliphatic imine (C=N–C) groups is 1. The number of aliphatic hydroxyl groups is 3. The Morgan fingerprint density at radius 1 is 1.47 bits per heavy atom. The summed E-state index contributed by atoms with van der Waals surface area (Å²) in [5.41, 5.74) is -1.70. The van der Waals surface area contributed by atoms with Gasteiger partial charge < -0.3 is 30.2 Å². The Morgan fingerprint density at radius 3 is 2.93 bits per heavy atom. The average molecular weight is 449 g/mol. The van der Waals surface area contributed by atoms with E-state index in [0.29, 0.717) is 31.6 Å². The van der Waals surface area contributed by atoms with Gasteiger partial charge in [0.05, 0.1) is 29.9 Å². The van der Waals surface area contributed by atoms with Crippen LogP contribution in [0.3, 0.4) is 0 Å². The molecule has 0 amide bonds. The van der Waals surface area contributed by atoms with Gasteiger partial charge in [-0.2, -0.15) is 0 Å². The molecule has 0 aromatic heterocycles. The fourth-order valence-electron chi connectivity index (χ4n) is 5.22. The second-order valence-corrected chi connectivity index (χ2v) is 9.41. The maximum absolute atomic E-state index is 14.1. The molecule has 11 heteroatoms. The Kier molecular flexibility index (Phi) is 6.26. The number of rotatable bonds is 4. The molecule has 1 aliphatic carbocycles. The molecule has 0 bridgehead atoms. The van der Waals surface area contributed by atoms with Gasteiger partial charge in [-0.25, -0.2) is 9.38 Å². The van der Waals surface area contributed by atoms with E-state index in [1.807, 2.05) is 4.90 Å². The molecule has 2 saturated heterocycles. The van der Waals surface area contributed by atoms with E-state index in [2.05, 4.69) is 15.5 Å². The number of ether oxygens (including phenoxy) is 1. The Bertz CT molecular complexity index is 698. The summed E-state index contributed by atoms with van der Waals surface area (Å²) in [5.74, 6) is 0.0847. The summed E-state index contributed by atoms with van der Waals surface area (Å²) >= 11 is 5.96. The lowest BCUT2D eigenvalue weighted by Gasteiger charge is -2.37. The highest BCUT2D eigenvalue weighted by atomic mass is 35.5. The second kappa shape index (κ2) is 8.48. The normalized spacial score (nSPS) is 49.1. The molecule has 3 heterocycles. The Balaban J connectivity index is 1.50. The fourth-order valence-corrected chi connectivity index (χ4v) is 5.44. The third-order valence-corrected chi connectivity index (χ3v) is 7.47. The van der Waals surface area contributed by atoms with Gasteiger partial charge >= 0.3 is 0 Å². The Hall–Kier alpha value is -1.04. The van der Waals surface area contributed by atoms with Crippen LogP contribution in [-0.4, -0.2) is 93.9 Å². The van der Waals surface area contributed by atoms with Gasteiger partial charge in [0.2, 0.25) is 0 Å². The molecule has 4 N–H and O–H groups in total. The van der Waals surface area contributed by atoms with Gasteiger partial charge in [-0.15, -0.1) is 11.6 Å². The first-order valence-corrected chi connectivity index (χ1v) is 10.9. The molecular formula is C19H30ClFN4O5. The van der Waals surface area contributed by atoms with Gasteiger partial charge in [-0.3, -0.25) is 4.90 Å². The maximum atomic E-state index is 14.1. The van der Waals surface area contributed by atoms with Crippen molar-refractivity contribution >= 4 is 23.8 Å². The van der Waals surface area contributed by atoms with Crippen LogP contribution >= 0.6 is 11.6 Å². The average Bonchev–Trinajstić information content (AvgIpc) is 3.24. The van der Waals surface area contributed by atoms with Crippen LogP contribution in [0.1, 0.15) is 32.6 Å². The van der Waals surface area contributed by atoms with E-state index in [0.717, 1.165) is 0 Å². The van der Waals surface area contributed by atoms with Crippen molar-refractivity contribution in [3.8, 4) is 0 Å². The highest BCUT2D eigenvalue weighted by Gasteiger charge is 2.59. The van der Waals surface area contributed by atoms with E-state index in [9.17, 15) is 19.7 Å². The van der Waals surface area contributed by atoms with Crippen LogP contribution in [0, 0.1) is 11.8 Å². The summed E-state index contributed by atoms with van der Waals surface area (Å²) in [6, 6.07) is 0. The van der Waals surface area contributed by atoms with Crippen molar-refractivity contribution < 1.29 is 29.3 Å². The van der Waals surface area contributed by atoms with E-state index >= 15 is 0 Å². The van der Waals surface area contributed by atoms with Crippen molar-refractivity contribution in [1.29, 1.82) is 0 Å². The molecule has 0 radical (unpaired) electrons. The van der Waals surface area contributed by atoms with Gasteiger partial charge in [-0.05, 0) is 38.5 Å². The number of nitrogens with zero attached hydrogens (tertiary/aromatic N) is 3. The molecule has 0 aromatic carbocycles. The second-order valence-electron chi connectivity index (χ2n) is 8.85. The summed E-state index contributed by atoms with van der Waals surface area (Å²) in [6.45, 7) is 2.02. The number of likely N-dealkylation sites (tertiary alicyclic amines) is 1. The van der Waals surface area contributed by atoms with Crippen molar-refractivity contribution in [3.63, 3.8) is 0 Å². The number of halogens is 2. The van der Waals surface area contributed by atoms with Crippen molar-refractivity contribution in [1.82, 2.24) is 10.2 Å². The van der Waals surface area contributed by atoms with E-state index < -0.39 is 47.6 Å².